The SMILES string of the molecule is CCCCCC/C=C/CCCCCCCC(=O)SCCNC(=O)CCNC(=O)[C@H](O)C(C)(C)COP(=O)(O)OP(=O)(O)OC[C@H]1O[C@@H](n2cnc3c(N)ncnc32)[C@H](O)[C@@H]1OP(=O)(O)O. The van der Waals surface area contributed by atoms with E-state index in [4.69, 9.17) is 19.5 Å². The zero-order valence-electron chi connectivity index (χ0n) is 36.7. The number of amides is 2. The molecule has 3 heterocycles. The first-order valence-electron chi connectivity index (χ1n) is 21.3. The van der Waals surface area contributed by atoms with Gasteiger partial charge in [-0.2, -0.15) is 4.31 Å². The van der Waals surface area contributed by atoms with Crippen LogP contribution in [0, 0.1) is 5.41 Å². The molecule has 0 radical (unpaired) electrons. The van der Waals surface area contributed by atoms with E-state index in [-0.39, 0.29) is 41.6 Å². The summed E-state index contributed by atoms with van der Waals surface area (Å²) in [6, 6.07) is 0. The van der Waals surface area contributed by atoms with Crippen LogP contribution in [0.1, 0.15) is 110 Å². The number of allylic oxidation sites excluding steroid dienone is 2. The highest BCUT2D eigenvalue weighted by atomic mass is 32.2. The summed E-state index contributed by atoms with van der Waals surface area (Å²) in [5.41, 5.74) is 4.28. The number of nitrogens with zero attached hydrogens (tertiary/aromatic N) is 4. The second-order valence-electron chi connectivity index (χ2n) is 15.9. The van der Waals surface area contributed by atoms with E-state index in [1.54, 1.807) is 0 Å². The van der Waals surface area contributed by atoms with Crippen molar-refractivity contribution in [2.75, 3.05) is 37.8 Å². The van der Waals surface area contributed by atoms with E-state index in [1.807, 2.05) is 0 Å². The van der Waals surface area contributed by atoms with Gasteiger partial charge in [-0.3, -0.25) is 32.5 Å². The number of nitrogens with two attached hydrogens (primary N) is 1. The number of ether oxygens (including phenoxy) is 1. The van der Waals surface area contributed by atoms with Crippen LogP contribution in [0.5, 0.6) is 0 Å². The fourth-order valence-corrected chi connectivity index (χ4v) is 9.90. The van der Waals surface area contributed by atoms with E-state index < -0.39 is 84.6 Å². The molecular formula is C37H64N7O17P3S. The van der Waals surface area contributed by atoms with Crippen LogP contribution in [-0.2, 0) is 50.7 Å². The Balaban J connectivity index is 1.33. The normalized spacial score (nSPS) is 20.4. The van der Waals surface area contributed by atoms with Crippen molar-refractivity contribution >= 4 is 69.1 Å². The van der Waals surface area contributed by atoms with Crippen LogP contribution in [0.4, 0.5) is 5.82 Å². The number of nitrogen functional groups attached to an aromatic ring is 1. The number of nitrogens with one attached hydrogen (secondary N) is 2. The van der Waals surface area contributed by atoms with Gasteiger partial charge in [-0.15, -0.1) is 0 Å². The molecule has 0 aliphatic carbocycles. The number of aliphatic hydroxyl groups excluding tert-OH is 2. The summed E-state index contributed by atoms with van der Waals surface area (Å²) < 4.78 is 62.4. The summed E-state index contributed by atoms with van der Waals surface area (Å²) in [4.78, 5) is 88.2. The second-order valence-corrected chi connectivity index (χ2v) is 21.3. The lowest BCUT2D eigenvalue weighted by Gasteiger charge is -2.30. The molecule has 2 aromatic rings. The molecule has 370 valence electrons. The Morgan fingerprint density at radius 1 is 0.923 bits per heavy atom. The molecule has 2 aromatic heterocycles. The number of aliphatic hydroxyl groups is 2. The maximum absolute atomic E-state index is 12.7. The van der Waals surface area contributed by atoms with Gasteiger partial charge >= 0.3 is 23.5 Å². The van der Waals surface area contributed by atoms with E-state index in [9.17, 15) is 57.9 Å². The number of carbonyl (C=O) groups is 3. The number of phosphoric ester groups is 3. The molecule has 1 fully saturated rings. The highest BCUT2D eigenvalue weighted by Crippen LogP contribution is 2.61. The number of hydrogen-bond acceptors (Lipinski definition) is 18. The third kappa shape index (κ3) is 20.6. The average molecular weight is 1000 g/mol. The van der Waals surface area contributed by atoms with Gasteiger partial charge in [-0.1, -0.05) is 83.2 Å². The van der Waals surface area contributed by atoms with Crippen molar-refractivity contribution in [3.8, 4) is 0 Å². The number of phosphoric acid groups is 3. The van der Waals surface area contributed by atoms with Crippen molar-refractivity contribution in [3.63, 3.8) is 0 Å². The number of hydrogen-bond donors (Lipinski definition) is 9. The van der Waals surface area contributed by atoms with Gasteiger partial charge in [0.05, 0.1) is 19.5 Å². The minimum absolute atomic E-state index is 0.0328. The van der Waals surface area contributed by atoms with E-state index >= 15 is 0 Å². The monoisotopic (exact) mass is 1000 g/mol. The Morgan fingerprint density at radius 2 is 1.57 bits per heavy atom. The average Bonchev–Trinajstić information content (AvgIpc) is 3.79. The molecule has 7 atom stereocenters. The van der Waals surface area contributed by atoms with Gasteiger partial charge in [0.25, 0.3) is 0 Å². The summed E-state index contributed by atoms with van der Waals surface area (Å²) in [5.74, 6) is -1.03. The zero-order chi connectivity index (χ0) is 48.3. The highest BCUT2D eigenvalue weighted by molar-refractivity contribution is 8.13. The predicted molar refractivity (Wildman–Crippen MR) is 237 cm³/mol. The van der Waals surface area contributed by atoms with E-state index in [2.05, 4.69) is 53.5 Å². The van der Waals surface area contributed by atoms with Gasteiger partial charge in [0.1, 0.15) is 36.3 Å². The van der Waals surface area contributed by atoms with E-state index in [1.165, 1.54) is 39.5 Å². The Hall–Kier alpha value is -2.70. The molecule has 0 spiro atoms. The van der Waals surface area contributed by atoms with Crippen molar-refractivity contribution in [3.05, 3.63) is 24.8 Å². The van der Waals surface area contributed by atoms with E-state index in [0.29, 0.717) is 12.2 Å². The fourth-order valence-electron chi connectivity index (χ4n) is 6.35. The van der Waals surface area contributed by atoms with Crippen LogP contribution in [0.3, 0.4) is 0 Å². The molecule has 24 nitrogen and oxygen atoms in total. The van der Waals surface area contributed by atoms with Crippen molar-refractivity contribution < 1.29 is 80.5 Å². The highest BCUT2D eigenvalue weighted by Gasteiger charge is 2.50. The number of rotatable bonds is 32. The lowest BCUT2D eigenvalue weighted by molar-refractivity contribution is -0.137. The number of carbonyl (C=O) groups excluding carboxylic acids is 3. The summed E-state index contributed by atoms with van der Waals surface area (Å²) in [6.07, 6.45) is 10.7. The topological polar surface area (TPSA) is 364 Å². The molecule has 0 aromatic carbocycles. The van der Waals surface area contributed by atoms with Crippen LogP contribution >= 0.6 is 35.2 Å². The number of thioether (sulfide) groups is 1. The van der Waals surface area contributed by atoms with Crippen molar-refractivity contribution in [1.29, 1.82) is 0 Å². The summed E-state index contributed by atoms with van der Waals surface area (Å²) in [7, 11) is -16.4. The smallest absolute Gasteiger partial charge is 0.386 e. The van der Waals surface area contributed by atoms with Crippen LogP contribution < -0.4 is 16.4 Å². The molecular weight excluding hydrogens is 939 g/mol. The number of imidazole rings is 1. The standard InChI is InChI=1S/C37H64N7O17P3S/c1-4-5-6-7-8-9-10-11-12-13-14-15-16-17-28(46)65-21-20-39-27(45)18-19-40-35(49)32(48)37(2,3)23-58-64(55,56)61-63(53,54)57-22-26-31(60-62(50,51)52)30(47)36(59-26)44-25-43-29-33(38)41-24-42-34(29)44/h9-10,24-26,30-32,36,47-48H,4-8,11-23H2,1-3H3,(H,39,45)(H,40,49)(H,53,54)(H,55,56)(H2,38,41,42)(H2,50,51,52)/b10-9+/t26-,30-,31-,32+,36-/m1/s1. The molecule has 1 saturated heterocycles. The molecule has 3 rings (SSSR count). The van der Waals surface area contributed by atoms with Crippen LogP contribution in [0.25, 0.3) is 11.2 Å². The second kappa shape index (κ2) is 27.3. The third-order valence-corrected chi connectivity index (χ3v) is 13.9. The largest absolute Gasteiger partial charge is 0.481 e. The molecule has 10 N–H and O–H groups in total. The summed E-state index contributed by atoms with van der Waals surface area (Å²) >= 11 is 1.15. The van der Waals surface area contributed by atoms with Gasteiger partial charge in [-0.25, -0.2) is 28.6 Å². The molecule has 2 unspecified atom stereocenters. The molecule has 0 saturated carbocycles. The van der Waals surface area contributed by atoms with Crippen molar-refractivity contribution in [2.24, 2.45) is 5.41 Å². The summed E-state index contributed by atoms with van der Waals surface area (Å²) in [5, 5.41) is 26.6. The van der Waals surface area contributed by atoms with E-state index in [0.717, 1.165) is 73.9 Å². The van der Waals surface area contributed by atoms with Crippen LogP contribution in [-0.4, -0.2) is 123 Å². The van der Waals surface area contributed by atoms with Crippen LogP contribution in [0.15, 0.2) is 24.8 Å². The van der Waals surface area contributed by atoms with Gasteiger partial charge in [-0.05, 0) is 32.1 Å². The Kier molecular flexibility index (Phi) is 23.8. The number of anilines is 1. The maximum Gasteiger partial charge on any atom is 0.481 e. The van der Waals surface area contributed by atoms with Gasteiger partial charge in [0, 0.05) is 37.1 Å². The first-order valence-corrected chi connectivity index (χ1v) is 26.8. The zero-order valence-corrected chi connectivity index (χ0v) is 40.2. The molecule has 2 amide bonds. The quantitative estimate of drug-likeness (QED) is 0.0285. The number of aromatic nitrogens is 4. The van der Waals surface area contributed by atoms with Crippen molar-refractivity contribution in [2.45, 2.75) is 135 Å². The first-order chi connectivity index (χ1) is 30.6. The predicted octanol–water partition coefficient (Wildman–Crippen LogP) is 3.92. The Morgan fingerprint density at radius 3 is 2.25 bits per heavy atom. The Labute approximate surface area is 381 Å². The number of unbranched alkanes of at least 4 members (excludes halogenated alkanes) is 9. The molecule has 65 heavy (non-hydrogen) atoms. The fraction of sp³-hybridized carbons (Fsp3) is 0.730. The van der Waals surface area contributed by atoms with Gasteiger partial charge in [0.15, 0.2) is 22.8 Å². The molecule has 1 aliphatic heterocycles. The minimum atomic E-state index is -5.57. The number of fused-ring (bicyclic) bond motifs is 1. The lowest BCUT2D eigenvalue weighted by atomic mass is 9.87. The maximum atomic E-state index is 12.7. The molecule has 28 heteroatoms. The Bertz CT molecular complexity index is 2010. The first kappa shape index (κ1) is 56.6. The van der Waals surface area contributed by atoms with Crippen LogP contribution in [0.2, 0.25) is 0 Å². The molecule has 1 aliphatic rings. The summed E-state index contributed by atoms with van der Waals surface area (Å²) in [6.45, 7) is 2.77. The van der Waals surface area contributed by atoms with Crippen molar-refractivity contribution in [1.82, 2.24) is 30.2 Å². The third-order valence-electron chi connectivity index (χ3n) is 9.91. The molecule has 0 bridgehead atoms. The minimum Gasteiger partial charge on any atom is -0.386 e. The lowest BCUT2D eigenvalue weighted by Crippen LogP contribution is -2.46. The van der Waals surface area contributed by atoms with Gasteiger partial charge < -0.3 is 50.9 Å². The van der Waals surface area contributed by atoms with Gasteiger partial charge in [0.2, 0.25) is 11.8 Å².